The van der Waals surface area contributed by atoms with Gasteiger partial charge in [0.15, 0.2) is 0 Å². The van der Waals surface area contributed by atoms with E-state index in [0.29, 0.717) is 25.3 Å². The molecule has 21 heavy (non-hydrogen) atoms. The Morgan fingerprint density at radius 2 is 2.24 bits per heavy atom. The highest BCUT2D eigenvalue weighted by Crippen LogP contribution is 2.30. The Kier molecular flexibility index (Phi) is 5.19. The normalized spacial score (nSPS) is 20.2. The fraction of sp³-hybridized carbons (Fsp3) is 0.625. The quantitative estimate of drug-likeness (QED) is 0.906. The van der Waals surface area contributed by atoms with Crippen LogP contribution in [0.2, 0.25) is 0 Å². The smallest absolute Gasteiger partial charge is 0.132 e. The molecule has 0 spiro atoms. The maximum atomic E-state index is 13.9. The molecule has 2 rings (SSSR count). The first kappa shape index (κ1) is 16.2. The molecule has 0 aromatic heterocycles. The number of benzene rings is 1. The molecule has 118 valence electrons. The Morgan fingerprint density at radius 1 is 1.48 bits per heavy atom. The molecule has 1 heterocycles. The number of aliphatic hydroxyl groups is 1. The summed E-state index contributed by atoms with van der Waals surface area (Å²) in [7, 11) is 1.48. The van der Waals surface area contributed by atoms with Crippen molar-refractivity contribution < 1.29 is 19.0 Å². The van der Waals surface area contributed by atoms with Crippen molar-refractivity contribution in [3.05, 3.63) is 29.6 Å². The molecule has 0 saturated carbocycles. The molecule has 0 amide bonds. The van der Waals surface area contributed by atoms with Crippen molar-refractivity contribution in [2.45, 2.75) is 32.0 Å². The first-order chi connectivity index (χ1) is 9.93. The van der Waals surface area contributed by atoms with Crippen LogP contribution in [0.4, 0.5) is 4.39 Å². The summed E-state index contributed by atoms with van der Waals surface area (Å²) in [4.78, 5) is 2.24. The number of methoxy groups -OCH3 is 1. The summed E-state index contributed by atoms with van der Waals surface area (Å²) in [5.74, 6) is -0.0334. The minimum Gasteiger partial charge on any atom is -0.496 e. The van der Waals surface area contributed by atoms with Gasteiger partial charge < -0.3 is 14.6 Å². The van der Waals surface area contributed by atoms with Crippen LogP contribution in [-0.2, 0) is 4.74 Å². The second-order valence-electron chi connectivity index (χ2n) is 6.04. The van der Waals surface area contributed by atoms with Crippen molar-refractivity contribution in [2.75, 3.05) is 33.4 Å². The van der Waals surface area contributed by atoms with Crippen LogP contribution in [0.25, 0.3) is 0 Å². The lowest BCUT2D eigenvalue weighted by Gasteiger charge is -2.38. The summed E-state index contributed by atoms with van der Waals surface area (Å²) >= 11 is 0. The molecule has 1 fully saturated rings. The third kappa shape index (κ3) is 4.15. The Labute approximate surface area is 125 Å². The summed E-state index contributed by atoms with van der Waals surface area (Å²) in [6, 6.07) is 4.59. The van der Waals surface area contributed by atoms with Gasteiger partial charge in [-0.25, -0.2) is 4.39 Å². The third-order valence-electron chi connectivity index (χ3n) is 3.79. The van der Waals surface area contributed by atoms with Gasteiger partial charge in [0.05, 0.1) is 31.0 Å². The summed E-state index contributed by atoms with van der Waals surface area (Å²) < 4.78 is 24.7. The minimum absolute atomic E-state index is 0.168. The molecule has 1 aromatic rings. The van der Waals surface area contributed by atoms with Crippen LogP contribution in [0.15, 0.2) is 18.2 Å². The number of rotatable bonds is 5. The number of hydrogen-bond donors (Lipinski definition) is 1. The number of hydrogen-bond acceptors (Lipinski definition) is 4. The standard InChI is InChI=1S/C16H24FNO3/c1-16(2)11-18(9-10-21-16)8-7-13(19)15-12(17)5-4-6-14(15)20-3/h4-6,13,19H,7-11H2,1-3H3. The van der Waals surface area contributed by atoms with Crippen molar-refractivity contribution in [1.29, 1.82) is 0 Å². The maximum Gasteiger partial charge on any atom is 0.132 e. The molecule has 0 radical (unpaired) electrons. The fourth-order valence-electron chi connectivity index (χ4n) is 2.77. The molecule has 1 saturated heterocycles. The van der Waals surface area contributed by atoms with Gasteiger partial charge in [-0.3, -0.25) is 4.90 Å². The average Bonchev–Trinajstić information content (AvgIpc) is 2.43. The largest absolute Gasteiger partial charge is 0.496 e. The summed E-state index contributed by atoms with van der Waals surface area (Å²) in [6.07, 6.45) is -0.403. The van der Waals surface area contributed by atoms with Crippen molar-refractivity contribution in [3.63, 3.8) is 0 Å². The fourth-order valence-corrected chi connectivity index (χ4v) is 2.77. The zero-order chi connectivity index (χ0) is 15.5. The molecule has 1 aromatic carbocycles. The monoisotopic (exact) mass is 297 g/mol. The minimum atomic E-state index is -0.868. The molecule has 0 bridgehead atoms. The van der Waals surface area contributed by atoms with E-state index in [1.807, 2.05) is 0 Å². The van der Waals surface area contributed by atoms with Crippen LogP contribution in [0.1, 0.15) is 31.9 Å². The molecular weight excluding hydrogens is 273 g/mol. The van der Waals surface area contributed by atoms with Crippen LogP contribution in [0, 0.1) is 5.82 Å². The van der Waals surface area contributed by atoms with E-state index in [1.54, 1.807) is 12.1 Å². The van der Waals surface area contributed by atoms with E-state index in [0.717, 1.165) is 13.1 Å². The van der Waals surface area contributed by atoms with Gasteiger partial charge in [-0.1, -0.05) is 6.07 Å². The van der Waals surface area contributed by atoms with E-state index >= 15 is 0 Å². The molecule has 1 unspecified atom stereocenters. The van der Waals surface area contributed by atoms with Crippen molar-refractivity contribution in [3.8, 4) is 5.75 Å². The first-order valence-electron chi connectivity index (χ1n) is 7.30. The lowest BCUT2D eigenvalue weighted by Crippen LogP contribution is -2.48. The van der Waals surface area contributed by atoms with Gasteiger partial charge in [0.2, 0.25) is 0 Å². The molecule has 1 atom stereocenters. The van der Waals surface area contributed by atoms with Gasteiger partial charge in [-0.2, -0.15) is 0 Å². The lowest BCUT2D eigenvalue weighted by molar-refractivity contribution is -0.0879. The van der Waals surface area contributed by atoms with Crippen molar-refractivity contribution in [1.82, 2.24) is 4.90 Å². The SMILES string of the molecule is COc1cccc(F)c1C(O)CCN1CCOC(C)(C)C1. The number of ether oxygens (including phenoxy) is 2. The predicted octanol–water partition coefficient (Wildman–Crippen LogP) is 2.37. The van der Waals surface area contributed by atoms with Crippen LogP contribution in [0.3, 0.4) is 0 Å². The molecule has 1 aliphatic heterocycles. The number of aliphatic hydroxyl groups excluding tert-OH is 1. The topological polar surface area (TPSA) is 41.9 Å². The van der Waals surface area contributed by atoms with E-state index in [1.165, 1.54) is 13.2 Å². The first-order valence-corrected chi connectivity index (χ1v) is 7.30. The second-order valence-corrected chi connectivity index (χ2v) is 6.04. The summed E-state index contributed by atoms with van der Waals surface area (Å²) in [5.41, 5.74) is 0.0753. The van der Waals surface area contributed by atoms with Crippen molar-refractivity contribution >= 4 is 0 Å². The third-order valence-corrected chi connectivity index (χ3v) is 3.79. The predicted molar refractivity (Wildman–Crippen MR) is 79.0 cm³/mol. The zero-order valence-electron chi connectivity index (χ0n) is 12.9. The van der Waals surface area contributed by atoms with Crippen LogP contribution in [-0.4, -0.2) is 49.0 Å². The van der Waals surface area contributed by atoms with E-state index in [2.05, 4.69) is 18.7 Å². The highest BCUT2D eigenvalue weighted by atomic mass is 19.1. The zero-order valence-corrected chi connectivity index (χ0v) is 12.9. The van der Waals surface area contributed by atoms with Gasteiger partial charge in [-0.05, 0) is 32.4 Å². The van der Waals surface area contributed by atoms with Crippen molar-refractivity contribution in [2.24, 2.45) is 0 Å². The Morgan fingerprint density at radius 3 is 2.90 bits per heavy atom. The van der Waals surface area contributed by atoms with Gasteiger partial charge in [0.25, 0.3) is 0 Å². The number of halogens is 1. The highest BCUT2D eigenvalue weighted by Gasteiger charge is 2.27. The van der Waals surface area contributed by atoms with Crippen LogP contribution in [0.5, 0.6) is 5.75 Å². The summed E-state index contributed by atoms with van der Waals surface area (Å²) in [5, 5.41) is 10.3. The molecule has 0 aliphatic carbocycles. The molecular formula is C16H24FNO3. The van der Waals surface area contributed by atoms with E-state index < -0.39 is 11.9 Å². The van der Waals surface area contributed by atoms with Gasteiger partial charge >= 0.3 is 0 Å². The van der Waals surface area contributed by atoms with Crippen LogP contribution < -0.4 is 4.74 Å². The molecule has 4 nitrogen and oxygen atoms in total. The second kappa shape index (κ2) is 6.73. The maximum absolute atomic E-state index is 13.9. The summed E-state index contributed by atoms with van der Waals surface area (Å²) in [6.45, 7) is 7.14. The Hall–Kier alpha value is -1.17. The van der Waals surface area contributed by atoms with Gasteiger partial charge in [0, 0.05) is 19.6 Å². The Bertz CT molecular complexity index is 479. The van der Waals surface area contributed by atoms with E-state index in [4.69, 9.17) is 9.47 Å². The Balaban J connectivity index is 1.97. The van der Waals surface area contributed by atoms with E-state index in [9.17, 15) is 9.50 Å². The molecule has 1 N–H and O–H groups in total. The molecule has 1 aliphatic rings. The number of morpholine rings is 1. The lowest BCUT2D eigenvalue weighted by atomic mass is 10.0. The average molecular weight is 297 g/mol. The van der Waals surface area contributed by atoms with E-state index in [-0.39, 0.29) is 11.2 Å². The van der Waals surface area contributed by atoms with Gasteiger partial charge in [0.1, 0.15) is 11.6 Å². The van der Waals surface area contributed by atoms with Gasteiger partial charge in [-0.15, -0.1) is 0 Å². The van der Waals surface area contributed by atoms with Crippen LogP contribution >= 0.6 is 0 Å². The molecule has 5 heteroatoms. The number of nitrogens with zero attached hydrogens (tertiary/aromatic N) is 1. The highest BCUT2D eigenvalue weighted by molar-refractivity contribution is 5.36.